The quantitative estimate of drug-likeness (QED) is 0.743. The molecule has 2 saturated heterocycles. The number of amides is 2. The van der Waals surface area contributed by atoms with Crippen LogP contribution in [0.15, 0.2) is 59.5 Å². The first-order valence-corrected chi connectivity index (χ1v) is 12.7. The number of hydrogen-bond donors (Lipinski definition) is 1. The van der Waals surface area contributed by atoms with Crippen molar-refractivity contribution in [1.82, 2.24) is 9.21 Å². The molecule has 2 fully saturated rings. The first-order chi connectivity index (χ1) is 15.0. The van der Waals surface area contributed by atoms with Gasteiger partial charge in [-0.05, 0) is 62.3 Å². The van der Waals surface area contributed by atoms with Gasteiger partial charge in [0.25, 0.3) is 0 Å². The van der Waals surface area contributed by atoms with E-state index in [9.17, 15) is 13.2 Å². The van der Waals surface area contributed by atoms with Crippen LogP contribution in [0.5, 0.6) is 0 Å². The van der Waals surface area contributed by atoms with Crippen LogP contribution >= 0.6 is 0 Å². The maximum atomic E-state index is 13.1. The van der Waals surface area contributed by atoms with Crippen LogP contribution in [0.2, 0.25) is 0 Å². The monoisotopic (exact) mass is 441 g/mol. The van der Waals surface area contributed by atoms with Crippen LogP contribution in [0, 0.1) is 0 Å². The first-order valence-electron chi connectivity index (χ1n) is 11.3. The van der Waals surface area contributed by atoms with Gasteiger partial charge in [0.05, 0.1) is 4.90 Å². The van der Waals surface area contributed by atoms with Gasteiger partial charge in [0, 0.05) is 31.4 Å². The fraction of sp³-hybridized carbons (Fsp3) is 0.458. The topological polar surface area (TPSA) is 69.7 Å². The molecule has 0 spiro atoms. The summed E-state index contributed by atoms with van der Waals surface area (Å²) in [5.74, 6) is 0. The van der Waals surface area contributed by atoms with Gasteiger partial charge in [-0.1, -0.05) is 42.8 Å². The number of carbonyl (C=O) groups is 1. The van der Waals surface area contributed by atoms with Crippen LogP contribution < -0.4 is 5.32 Å². The van der Waals surface area contributed by atoms with E-state index >= 15 is 0 Å². The SMILES string of the molecule is O=C(Nc1cccc(S(=O)(=O)N2CCCCC2)c1)N1CCCCC1Cc1ccccc1. The fourth-order valence-electron chi connectivity index (χ4n) is 4.55. The minimum Gasteiger partial charge on any atom is -0.321 e. The van der Waals surface area contributed by atoms with Crippen molar-refractivity contribution >= 4 is 21.7 Å². The van der Waals surface area contributed by atoms with Crippen molar-refractivity contribution in [3.8, 4) is 0 Å². The van der Waals surface area contributed by atoms with E-state index in [0.29, 0.717) is 18.8 Å². The Morgan fingerprint density at radius 1 is 0.903 bits per heavy atom. The molecule has 31 heavy (non-hydrogen) atoms. The van der Waals surface area contributed by atoms with Crippen molar-refractivity contribution < 1.29 is 13.2 Å². The minimum absolute atomic E-state index is 0.149. The van der Waals surface area contributed by atoms with Crippen molar-refractivity contribution in [3.05, 3.63) is 60.2 Å². The molecule has 166 valence electrons. The number of likely N-dealkylation sites (tertiary alicyclic amines) is 1. The summed E-state index contributed by atoms with van der Waals surface area (Å²) in [6.45, 7) is 1.84. The standard InChI is InChI=1S/C24H31N3O3S/c28-24(27-17-8-5-13-22(27)18-20-10-3-1-4-11-20)25-21-12-9-14-23(19-21)31(29,30)26-15-6-2-7-16-26/h1,3-4,9-12,14,19,22H,2,5-8,13,15-18H2,(H,25,28). The molecule has 4 rings (SSSR count). The summed E-state index contributed by atoms with van der Waals surface area (Å²) in [5, 5.41) is 2.95. The first kappa shape index (κ1) is 21.8. The van der Waals surface area contributed by atoms with E-state index in [-0.39, 0.29) is 17.0 Å². The lowest BCUT2D eigenvalue weighted by Gasteiger charge is -2.36. The summed E-state index contributed by atoms with van der Waals surface area (Å²) >= 11 is 0. The minimum atomic E-state index is -3.53. The van der Waals surface area contributed by atoms with Crippen LogP contribution in [-0.4, -0.2) is 49.3 Å². The average molecular weight is 442 g/mol. The summed E-state index contributed by atoms with van der Waals surface area (Å²) in [6, 6.07) is 16.9. The van der Waals surface area contributed by atoms with E-state index in [4.69, 9.17) is 0 Å². The molecule has 6 nitrogen and oxygen atoms in total. The third kappa shape index (κ3) is 5.28. The number of carbonyl (C=O) groups excluding carboxylic acids is 1. The Bertz CT molecular complexity index is 988. The van der Waals surface area contributed by atoms with Crippen molar-refractivity contribution in [2.75, 3.05) is 25.0 Å². The highest BCUT2D eigenvalue weighted by Crippen LogP contribution is 2.25. The maximum Gasteiger partial charge on any atom is 0.322 e. The average Bonchev–Trinajstić information content (AvgIpc) is 2.81. The zero-order valence-electron chi connectivity index (χ0n) is 17.9. The molecule has 2 heterocycles. The molecule has 0 saturated carbocycles. The predicted molar refractivity (Wildman–Crippen MR) is 123 cm³/mol. The molecule has 7 heteroatoms. The summed E-state index contributed by atoms with van der Waals surface area (Å²) in [6.07, 6.45) is 6.78. The van der Waals surface area contributed by atoms with E-state index in [1.807, 2.05) is 23.1 Å². The largest absolute Gasteiger partial charge is 0.322 e. The third-order valence-corrected chi connectivity index (χ3v) is 8.13. The number of rotatable bonds is 5. The van der Waals surface area contributed by atoms with Gasteiger partial charge in [0.2, 0.25) is 10.0 Å². The number of urea groups is 1. The van der Waals surface area contributed by atoms with Crippen LogP contribution in [-0.2, 0) is 16.4 Å². The lowest BCUT2D eigenvalue weighted by Crippen LogP contribution is -2.46. The Labute approximate surface area is 185 Å². The van der Waals surface area contributed by atoms with E-state index in [2.05, 4.69) is 17.4 Å². The van der Waals surface area contributed by atoms with Gasteiger partial charge in [0.15, 0.2) is 0 Å². The Morgan fingerprint density at radius 2 is 1.65 bits per heavy atom. The molecule has 1 atom stereocenters. The van der Waals surface area contributed by atoms with Crippen LogP contribution in [0.1, 0.15) is 44.1 Å². The Kier molecular flexibility index (Phi) is 6.92. The van der Waals surface area contributed by atoms with Gasteiger partial charge in [-0.15, -0.1) is 0 Å². The lowest BCUT2D eigenvalue weighted by atomic mass is 9.96. The molecule has 0 bridgehead atoms. The van der Waals surface area contributed by atoms with E-state index in [1.54, 1.807) is 28.6 Å². The second kappa shape index (κ2) is 9.83. The van der Waals surface area contributed by atoms with Crippen molar-refractivity contribution in [3.63, 3.8) is 0 Å². The fourth-order valence-corrected chi connectivity index (χ4v) is 6.11. The van der Waals surface area contributed by atoms with Crippen LogP contribution in [0.25, 0.3) is 0 Å². The molecule has 0 aromatic heterocycles. The summed E-state index contributed by atoms with van der Waals surface area (Å²) in [7, 11) is -3.53. The highest BCUT2D eigenvalue weighted by molar-refractivity contribution is 7.89. The molecular weight excluding hydrogens is 410 g/mol. The second-order valence-electron chi connectivity index (χ2n) is 8.46. The molecule has 2 aliphatic rings. The number of piperidine rings is 2. The van der Waals surface area contributed by atoms with Gasteiger partial charge in [-0.3, -0.25) is 0 Å². The lowest BCUT2D eigenvalue weighted by molar-refractivity contribution is 0.162. The molecule has 1 N–H and O–H groups in total. The van der Waals surface area contributed by atoms with E-state index in [1.165, 1.54) is 5.56 Å². The van der Waals surface area contributed by atoms with Gasteiger partial charge in [0.1, 0.15) is 0 Å². The predicted octanol–water partition coefficient (Wildman–Crippen LogP) is 4.49. The molecule has 2 aromatic carbocycles. The number of benzene rings is 2. The number of nitrogens with one attached hydrogen (secondary N) is 1. The van der Waals surface area contributed by atoms with E-state index < -0.39 is 10.0 Å². The van der Waals surface area contributed by atoms with Crippen LogP contribution in [0.4, 0.5) is 10.5 Å². The third-order valence-electron chi connectivity index (χ3n) is 6.24. The molecule has 2 aliphatic heterocycles. The molecular formula is C24H31N3O3S. The highest BCUT2D eigenvalue weighted by atomic mass is 32.2. The Hall–Kier alpha value is -2.38. The molecule has 1 unspecified atom stereocenters. The number of hydrogen-bond acceptors (Lipinski definition) is 3. The van der Waals surface area contributed by atoms with E-state index in [0.717, 1.165) is 51.5 Å². The van der Waals surface area contributed by atoms with Gasteiger partial charge < -0.3 is 10.2 Å². The summed E-state index contributed by atoms with van der Waals surface area (Å²) in [5.41, 5.74) is 1.74. The smallest absolute Gasteiger partial charge is 0.321 e. The van der Waals surface area contributed by atoms with Crippen LogP contribution in [0.3, 0.4) is 0 Å². The van der Waals surface area contributed by atoms with Crippen molar-refractivity contribution in [1.29, 1.82) is 0 Å². The maximum absolute atomic E-state index is 13.1. The van der Waals surface area contributed by atoms with Gasteiger partial charge >= 0.3 is 6.03 Å². The molecule has 0 aliphatic carbocycles. The van der Waals surface area contributed by atoms with Gasteiger partial charge in [-0.2, -0.15) is 4.31 Å². The highest BCUT2D eigenvalue weighted by Gasteiger charge is 2.28. The van der Waals surface area contributed by atoms with Crippen molar-refractivity contribution in [2.24, 2.45) is 0 Å². The number of nitrogens with zero attached hydrogens (tertiary/aromatic N) is 2. The summed E-state index contributed by atoms with van der Waals surface area (Å²) in [4.78, 5) is 15.2. The zero-order valence-corrected chi connectivity index (χ0v) is 18.7. The zero-order chi connectivity index (χ0) is 21.7. The Morgan fingerprint density at radius 3 is 2.42 bits per heavy atom. The number of anilines is 1. The van der Waals surface area contributed by atoms with Gasteiger partial charge in [-0.25, -0.2) is 13.2 Å². The number of sulfonamides is 1. The van der Waals surface area contributed by atoms with Crippen molar-refractivity contribution in [2.45, 2.75) is 55.9 Å². The Balaban J connectivity index is 1.46. The second-order valence-corrected chi connectivity index (χ2v) is 10.4. The summed E-state index contributed by atoms with van der Waals surface area (Å²) < 4.78 is 27.5. The molecule has 0 radical (unpaired) electrons. The molecule has 2 amide bonds. The molecule has 2 aromatic rings. The normalized spacial score (nSPS) is 20.4.